The molecule has 0 atom stereocenters. The van der Waals surface area contributed by atoms with Crippen molar-refractivity contribution < 1.29 is 0 Å². The van der Waals surface area contributed by atoms with Crippen molar-refractivity contribution in [1.29, 1.82) is 0 Å². The van der Waals surface area contributed by atoms with E-state index in [-0.39, 0.29) is 0 Å². The highest BCUT2D eigenvalue weighted by molar-refractivity contribution is 6.31. The molecular weight excluding hydrogens is 284 g/mol. The monoisotopic (exact) mass is 308 g/mol. The highest BCUT2D eigenvalue weighted by Gasteiger charge is 2.11. The topological polar surface area (TPSA) is 47.1 Å². The quantitative estimate of drug-likeness (QED) is 0.815. The normalized spacial score (nSPS) is 11.7. The number of fused-ring (bicyclic) bond motifs is 1. The minimum Gasteiger partial charge on any atom is -0.330 e. The summed E-state index contributed by atoms with van der Waals surface area (Å²) in [6, 6.07) is 5.91. The molecule has 0 saturated carbocycles. The molecule has 0 aliphatic heterocycles. The lowest BCUT2D eigenvalue weighted by Crippen LogP contribution is -2.27. The number of hydrogen-bond donors (Lipinski definition) is 1. The van der Waals surface area contributed by atoms with Crippen LogP contribution in [0.1, 0.15) is 26.1 Å². The van der Waals surface area contributed by atoms with Crippen LogP contribution in [0, 0.1) is 0 Å². The highest BCUT2D eigenvalue weighted by atomic mass is 35.5. The molecular formula is C16H25ClN4. The second-order valence-electron chi connectivity index (χ2n) is 5.23. The summed E-state index contributed by atoms with van der Waals surface area (Å²) in [6.07, 6.45) is 1.88. The second kappa shape index (κ2) is 7.78. The Balaban J connectivity index is 2.29. The van der Waals surface area contributed by atoms with Gasteiger partial charge in [-0.15, -0.1) is 0 Å². The zero-order chi connectivity index (χ0) is 15.2. The maximum absolute atomic E-state index is 6.15. The molecule has 1 heterocycles. The first kappa shape index (κ1) is 16.3. The number of nitrogens with zero attached hydrogens (tertiary/aromatic N) is 3. The van der Waals surface area contributed by atoms with Crippen LogP contribution in [0.15, 0.2) is 18.2 Å². The van der Waals surface area contributed by atoms with Crippen molar-refractivity contribution in [2.75, 3.05) is 26.2 Å². The predicted molar refractivity (Wildman–Crippen MR) is 89.9 cm³/mol. The van der Waals surface area contributed by atoms with Crippen LogP contribution in [0.2, 0.25) is 5.02 Å². The third-order valence-corrected chi connectivity index (χ3v) is 4.16. The number of hydrogen-bond acceptors (Lipinski definition) is 3. The Labute approximate surface area is 131 Å². The van der Waals surface area contributed by atoms with E-state index in [4.69, 9.17) is 22.3 Å². The van der Waals surface area contributed by atoms with Gasteiger partial charge in [-0.25, -0.2) is 4.98 Å². The van der Waals surface area contributed by atoms with E-state index >= 15 is 0 Å². The molecule has 21 heavy (non-hydrogen) atoms. The number of aromatic nitrogens is 2. The van der Waals surface area contributed by atoms with Crippen LogP contribution < -0.4 is 5.73 Å². The molecule has 0 saturated heterocycles. The van der Waals surface area contributed by atoms with Crippen molar-refractivity contribution in [3.63, 3.8) is 0 Å². The van der Waals surface area contributed by atoms with Gasteiger partial charge in [0.1, 0.15) is 5.82 Å². The molecule has 0 radical (unpaired) electrons. The molecule has 1 aromatic heterocycles. The third kappa shape index (κ3) is 3.96. The van der Waals surface area contributed by atoms with Gasteiger partial charge in [0.05, 0.1) is 11.0 Å². The van der Waals surface area contributed by atoms with Gasteiger partial charge < -0.3 is 15.2 Å². The van der Waals surface area contributed by atoms with Crippen LogP contribution in [-0.4, -0.2) is 40.6 Å². The van der Waals surface area contributed by atoms with Crippen LogP contribution in [0.4, 0.5) is 0 Å². The van der Waals surface area contributed by atoms with Gasteiger partial charge in [0.15, 0.2) is 0 Å². The summed E-state index contributed by atoms with van der Waals surface area (Å²) in [5.41, 5.74) is 7.79. The first-order valence-electron chi connectivity index (χ1n) is 7.76. The minimum atomic E-state index is 0.694. The van der Waals surface area contributed by atoms with E-state index in [9.17, 15) is 0 Å². The van der Waals surface area contributed by atoms with Gasteiger partial charge in [-0.05, 0) is 44.3 Å². The zero-order valence-electron chi connectivity index (χ0n) is 13.0. The average Bonchev–Trinajstić information content (AvgIpc) is 2.83. The Hall–Kier alpha value is -1.10. The van der Waals surface area contributed by atoms with Gasteiger partial charge in [0.25, 0.3) is 0 Å². The largest absolute Gasteiger partial charge is 0.330 e. The molecule has 0 unspecified atom stereocenters. The molecule has 2 aromatic rings. The Morgan fingerprint density at radius 3 is 2.71 bits per heavy atom. The number of benzene rings is 1. The zero-order valence-corrected chi connectivity index (χ0v) is 13.7. The molecule has 2 N–H and O–H groups in total. The van der Waals surface area contributed by atoms with Crippen LogP contribution in [0.3, 0.4) is 0 Å². The Bertz CT molecular complexity index is 575. The molecule has 0 fully saturated rings. The average molecular weight is 309 g/mol. The second-order valence-corrected chi connectivity index (χ2v) is 5.67. The molecule has 0 bridgehead atoms. The van der Waals surface area contributed by atoms with Crippen LogP contribution >= 0.6 is 11.6 Å². The van der Waals surface area contributed by atoms with Crippen LogP contribution in [0.5, 0.6) is 0 Å². The number of rotatable bonds is 8. The molecule has 2 rings (SSSR count). The fourth-order valence-corrected chi connectivity index (χ4v) is 2.79. The number of halogens is 1. The Morgan fingerprint density at radius 2 is 2.05 bits per heavy atom. The van der Waals surface area contributed by atoms with Crippen molar-refractivity contribution >= 4 is 22.6 Å². The van der Waals surface area contributed by atoms with Crippen molar-refractivity contribution in [2.24, 2.45) is 5.73 Å². The van der Waals surface area contributed by atoms with Gasteiger partial charge >= 0.3 is 0 Å². The summed E-state index contributed by atoms with van der Waals surface area (Å²) in [5.74, 6) is 1.12. The van der Waals surface area contributed by atoms with Crippen molar-refractivity contribution in [3.05, 3.63) is 29.0 Å². The van der Waals surface area contributed by atoms with E-state index in [0.29, 0.717) is 6.54 Å². The summed E-state index contributed by atoms with van der Waals surface area (Å²) < 4.78 is 2.30. The van der Waals surface area contributed by atoms with E-state index in [0.717, 1.165) is 60.9 Å². The van der Waals surface area contributed by atoms with Crippen LogP contribution in [0.25, 0.3) is 11.0 Å². The fourth-order valence-electron chi connectivity index (χ4n) is 2.63. The number of nitrogens with two attached hydrogens (primary N) is 1. The summed E-state index contributed by atoms with van der Waals surface area (Å²) in [6.45, 7) is 9.20. The van der Waals surface area contributed by atoms with Crippen LogP contribution in [-0.2, 0) is 13.0 Å². The lowest BCUT2D eigenvalue weighted by molar-refractivity contribution is 0.290. The highest BCUT2D eigenvalue weighted by Crippen LogP contribution is 2.21. The minimum absolute atomic E-state index is 0.694. The number of likely N-dealkylation sites (N-methyl/N-ethyl adjacent to an activating group) is 1. The van der Waals surface area contributed by atoms with Gasteiger partial charge in [-0.1, -0.05) is 25.4 Å². The Morgan fingerprint density at radius 1 is 1.29 bits per heavy atom. The molecule has 4 nitrogen and oxygen atoms in total. The molecule has 0 aliphatic carbocycles. The summed E-state index contributed by atoms with van der Waals surface area (Å²) in [5, 5.41) is 0.761. The summed E-state index contributed by atoms with van der Waals surface area (Å²) >= 11 is 6.15. The molecule has 5 heteroatoms. The first-order valence-corrected chi connectivity index (χ1v) is 8.14. The fraction of sp³-hybridized carbons (Fsp3) is 0.562. The van der Waals surface area contributed by atoms with E-state index < -0.39 is 0 Å². The Kier molecular flexibility index (Phi) is 6.03. The molecule has 0 amide bonds. The third-order valence-electron chi connectivity index (χ3n) is 3.93. The molecule has 0 spiro atoms. The van der Waals surface area contributed by atoms with E-state index in [1.54, 1.807) is 0 Å². The smallest absolute Gasteiger partial charge is 0.109 e. The van der Waals surface area contributed by atoms with E-state index in [1.807, 2.05) is 18.2 Å². The van der Waals surface area contributed by atoms with Gasteiger partial charge in [0, 0.05) is 24.5 Å². The number of aryl methyl sites for hydroxylation is 1. The van der Waals surface area contributed by atoms with Gasteiger partial charge in [-0.2, -0.15) is 0 Å². The van der Waals surface area contributed by atoms with Gasteiger partial charge in [0.2, 0.25) is 0 Å². The van der Waals surface area contributed by atoms with E-state index in [1.165, 1.54) is 0 Å². The van der Waals surface area contributed by atoms with Crippen molar-refractivity contribution in [3.8, 4) is 0 Å². The van der Waals surface area contributed by atoms with Gasteiger partial charge in [-0.3, -0.25) is 0 Å². The maximum atomic E-state index is 6.15. The van der Waals surface area contributed by atoms with Crippen molar-refractivity contribution in [1.82, 2.24) is 14.5 Å². The molecule has 116 valence electrons. The number of imidazole rings is 1. The van der Waals surface area contributed by atoms with E-state index in [2.05, 4.69) is 23.3 Å². The maximum Gasteiger partial charge on any atom is 0.109 e. The first-order chi connectivity index (χ1) is 10.2. The predicted octanol–water partition coefficient (Wildman–Crippen LogP) is 2.92. The lowest BCUT2D eigenvalue weighted by atomic mass is 10.3. The SMILES string of the molecule is CCN(CC)CCn1c(CCCN)nc2ccc(Cl)cc21. The summed E-state index contributed by atoms with van der Waals surface area (Å²) in [4.78, 5) is 7.17. The standard InChI is InChI=1S/C16H25ClN4/c1-3-20(4-2)10-11-21-15-12-13(17)7-8-14(15)19-16(21)6-5-9-18/h7-8,12H,3-6,9-11,18H2,1-2H3. The van der Waals surface area contributed by atoms with Crippen molar-refractivity contribution in [2.45, 2.75) is 33.2 Å². The molecule has 1 aromatic carbocycles. The lowest BCUT2D eigenvalue weighted by Gasteiger charge is -2.19. The molecule has 0 aliphatic rings. The summed E-state index contributed by atoms with van der Waals surface area (Å²) in [7, 11) is 0.